The van der Waals surface area contributed by atoms with E-state index in [1.807, 2.05) is 37.3 Å². The molecule has 174 valence electrons. The Bertz CT molecular complexity index is 862. The van der Waals surface area contributed by atoms with Gasteiger partial charge in [0, 0.05) is 43.9 Å². The number of nitrogens with one attached hydrogen (secondary N) is 1. The van der Waals surface area contributed by atoms with Crippen LogP contribution >= 0.6 is 0 Å². The van der Waals surface area contributed by atoms with E-state index < -0.39 is 0 Å². The van der Waals surface area contributed by atoms with Crippen LogP contribution < -0.4 is 19.5 Å². The molecule has 0 aliphatic heterocycles. The number of anilines is 1. The molecule has 32 heavy (non-hydrogen) atoms. The van der Waals surface area contributed by atoms with Crippen molar-refractivity contribution < 1.29 is 28.5 Å². The van der Waals surface area contributed by atoms with Crippen LogP contribution in [-0.4, -0.2) is 58.3 Å². The number of methoxy groups -OCH3 is 4. The molecule has 1 atom stereocenters. The number of esters is 1. The average Bonchev–Trinajstić information content (AvgIpc) is 2.81. The number of carbonyl (C=O) groups is 2. The molecule has 1 amide bonds. The Hall–Kier alpha value is -3.26. The Morgan fingerprint density at radius 3 is 2.12 bits per heavy atom. The molecule has 0 radical (unpaired) electrons. The largest absolute Gasteiger partial charge is 0.493 e. The topological polar surface area (TPSA) is 86.3 Å². The maximum atomic E-state index is 12.7. The quantitative estimate of drug-likeness (QED) is 0.503. The first-order valence-electron chi connectivity index (χ1n) is 10.4. The smallest absolute Gasteiger partial charge is 0.309 e. The van der Waals surface area contributed by atoms with E-state index in [0.29, 0.717) is 42.6 Å². The zero-order valence-electron chi connectivity index (χ0n) is 19.3. The molecule has 0 aromatic heterocycles. The van der Waals surface area contributed by atoms with Gasteiger partial charge >= 0.3 is 5.97 Å². The molecule has 2 aromatic rings. The van der Waals surface area contributed by atoms with E-state index >= 15 is 0 Å². The van der Waals surface area contributed by atoms with Crippen molar-refractivity contribution in [2.24, 2.45) is 5.92 Å². The fourth-order valence-corrected chi connectivity index (χ4v) is 3.38. The normalized spacial score (nSPS) is 11.6. The second kappa shape index (κ2) is 12.6. The van der Waals surface area contributed by atoms with Gasteiger partial charge < -0.3 is 24.3 Å². The molecule has 0 heterocycles. The molecular formula is C24H32N2O6. The lowest BCUT2D eigenvalue weighted by atomic mass is 10.1. The Kier molecular flexibility index (Phi) is 9.81. The van der Waals surface area contributed by atoms with Gasteiger partial charge in [-0.2, -0.15) is 0 Å². The van der Waals surface area contributed by atoms with Crippen molar-refractivity contribution in [2.75, 3.05) is 46.8 Å². The molecule has 2 rings (SSSR count). The van der Waals surface area contributed by atoms with E-state index in [2.05, 4.69) is 10.2 Å². The van der Waals surface area contributed by atoms with E-state index in [1.165, 1.54) is 28.4 Å². The SMILES string of the molecule is COC(=O)C(C)CN(CCC(=O)Nc1cc(OC)c(OC)c(OC)c1)Cc1ccccc1. The molecule has 0 aliphatic carbocycles. The van der Waals surface area contributed by atoms with E-state index in [9.17, 15) is 9.59 Å². The van der Waals surface area contributed by atoms with Gasteiger partial charge in [-0.25, -0.2) is 0 Å². The first-order chi connectivity index (χ1) is 15.4. The highest BCUT2D eigenvalue weighted by Crippen LogP contribution is 2.39. The Morgan fingerprint density at radius 1 is 0.969 bits per heavy atom. The van der Waals surface area contributed by atoms with E-state index in [4.69, 9.17) is 18.9 Å². The number of amides is 1. The van der Waals surface area contributed by atoms with Crippen LogP contribution in [0.3, 0.4) is 0 Å². The third kappa shape index (κ3) is 7.16. The minimum Gasteiger partial charge on any atom is -0.493 e. The highest BCUT2D eigenvalue weighted by molar-refractivity contribution is 5.91. The molecule has 0 aliphatic rings. The van der Waals surface area contributed by atoms with Crippen LogP contribution in [0, 0.1) is 5.92 Å². The number of benzene rings is 2. The van der Waals surface area contributed by atoms with Gasteiger partial charge in [-0.05, 0) is 5.56 Å². The number of rotatable bonds is 12. The number of carbonyl (C=O) groups excluding carboxylic acids is 2. The third-order valence-corrected chi connectivity index (χ3v) is 4.99. The number of hydrogen-bond acceptors (Lipinski definition) is 7. The molecule has 8 nitrogen and oxygen atoms in total. The van der Waals surface area contributed by atoms with E-state index in [1.54, 1.807) is 12.1 Å². The van der Waals surface area contributed by atoms with Crippen LogP contribution in [-0.2, 0) is 20.9 Å². The van der Waals surface area contributed by atoms with Gasteiger partial charge in [-0.3, -0.25) is 14.5 Å². The summed E-state index contributed by atoms with van der Waals surface area (Å²) in [7, 11) is 5.94. The zero-order chi connectivity index (χ0) is 23.5. The van der Waals surface area contributed by atoms with Crippen LogP contribution in [0.5, 0.6) is 17.2 Å². The van der Waals surface area contributed by atoms with Crippen LogP contribution in [0.25, 0.3) is 0 Å². The molecule has 0 saturated heterocycles. The lowest BCUT2D eigenvalue weighted by molar-refractivity contribution is -0.145. The molecular weight excluding hydrogens is 412 g/mol. The first-order valence-corrected chi connectivity index (χ1v) is 10.4. The summed E-state index contributed by atoms with van der Waals surface area (Å²) in [6.07, 6.45) is 0.247. The number of ether oxygens (including phenoxy) is 4. The van der Waals surface area contributed by atoms with Crippen molar-refractivity contribution >= 4 is 17.6 Å². The number of nitrogens with zero attached hydrogens (tertiary/aromatic N) is 1. The summed E-state index contributed by atoms with van der Waals surface area (Å²) in [5.74, 6) is 0.633. The van der Waals surface area contributed by atoms with Crippen LogP contribution in [0.1, 0.15) is 18.9 Å². The third-order valence-electron chi connectivity index (χ3n) is 4.99. The van der Waals surface area contributed by atoms with Crippen molar-refractivity contribution in [2.45, 2.75) is 19.9 Å². The molecule has 8 heteroatoms. The highest BCUT2D eigenvalue weighted by Gasteiger charge is 2.19. The summed E-state index contributed by atoms with van der Waals surface area (Å²) in [6.45, 7) is 3.41. The van der Waals surface area contributed by atoms with Gasteiger partial charge in [-0.15, -0.1) is 0 Å². The van der Waals surface area contributed by atoms with Crippen molar-refractivity contribution in [1.82, 2.24) is 4.90 Å². The molecule has 0 bridgehead atoms. The van der Waals surface area contributed by atoms with Crippen molar-refractivity contribution in [3.8, 4) is 17.2 Å². The first kappa shape index (κ1) is 25.0. The van der Waals surface area contributed by atoms with Gasteiger partial charge in [-0.1, -0.05) is 37.3 Å². The monoisotopic (exact) mass is 444 g/mol. The van der Waals surface area contributed by atoms with Crippen molar-refractivity contribution in [3.63, 3.8) is 0 Å². The van der Waals surface area contributed by atoms with E-state index in [0.717, 1.165) is 5.56 Å². The fraction of sp³-hybridized carbons (Fsp3) is 0.417. The molecule has 0 fully saturated rings. The van der Waals surface area contributed by atoms with Crippen LogP contribution in [0.4, 0.5) is 5.69 Å². The Balaban J connectivity index is 2.06. The van der Waals surface area contributed by atoms with Gasteiger partial charge in [0.15, 0.2) is 11.5 Å². The molecule has 0 spiro atoms. The second-order valence-corrected chi connectivity index (χ2v) is 7.36. The van der Waals surface area contributed by atoms with Crippen molar-refractivity contribution in [1.29, 1.82) is 0 Å². The Labute approximate surface area is 189 Å². The van der Waals surface area contributed by atoms with Crippen LogP contribution in [0.15, 0.2) is 42.5 Å². The summed E-state index contributed by atoms with van der Waals surface area (Å²) < 4.78 is 20.8. The maximum absolute atomic E-state index is 12.7. The minimum absolute atomic E-state index is 0.164. The van der Waals surface area contributed by atoms with Gasteiger partial charge in [0.05, 0.1) is 34.4 Å². The molecule has 1 N–H and O–H groups in total. The summed E-state index contributed by atoms with van der Waals surface area (Å²) in [4.78, 5) is 26.6. The summed E-state index contributed by atoms with van der Waals surface area (Å²) in [6, 6.07) is 13.3. The fourth-order valence-electron chi connectivity index (χ4n) is 3.38. The predicted molar refractivity (Wildman–Crippen MR) is 122 cm³/mol. The van der Waals surface area contributed by atoms with E-state index in [-0.39, 0.29) is 24.2 Å². The summed E-state index contributed by atoms with van der Waals surface area (Å²) >= 11 is 0. The van der Waals surface area contributed by atoms with Gasteiger partial charge in [0.1, 0.15) is 0 Å². The van der Waals surface area contributed by atoms with Gasteiger partial charge in [0.2, 0.25) is 11.7 Å². The molecule has 2 aromatic carbocycles. The highest BCUT2D eigenvalue weighted by atomic mass is 16.5. The van der Waals surface area contributed by atoms with Gasteiger partial charge in [0.25, 0.3) is 0 Å². The second-order valence-electron chi connectivity index (χ2n) is 7.36. The standard InChI is InChI=1S/C24H32N2O6/c1-17(24(28)32-5)15-26(16-18-9-7-6-8-10-18)12-11-22(27)25-19-13-20(29-2)23(31-4)21(14-19)30-3/h6-10,13-14,17H,11-12,15-16H2,1-5H3,(H,25,27). The zero-order valence-corrected chi connectivity index (χ0v) is 19.3. The molecule has 1 unspecified atom stereocenters. The maximum Gasteiger partial charge on any atom is 0.309 e. The minimum atomic E-state index is -0.304. The lowest BCUT2D eigenvalue weighted by Crippen LogP contribution is -2.34. The molecule has 0 saturated carbocycles. The summed E-state index contributed by atoms with van der Waals surface area (Å²) in [5.41, 5.74) is 1.65. The lowest BCUT2D eigenvalue weighted by Gasteiger charge is -2.24. The van der Waals surface area contributed by atoms with Crippen molar-refractivity contribution in [3.05, 3.63) is 48.0 Å². The summed E-state index contributed by atoms with van der Waals surface area (Å²) in [5, 5.41) is 2.88. The average molecular weight is 445 g/mol. The predicted octanol–water partition coefficient (Wildman–Crippen LogP) is 3.35. The van der Waals surface area contributed by atoms with Crippen LogP contribution in [0.2, 0.25) is 0 Å². The number of hydrogen-bond donors (Lipinski definition) is 1. The Morgan fingerprint density at radius 2 is 1.59 bits per heavy atom.